The Morgan fingerprint density at radius 1 is 0.321 bits per heavy atom. The average molecular weight is 747 g/mol. The monoisotopic (exact) mass is 746 g/mol. The maximum absolute atomic E-state index is 11.8. The molecule has 0 atom stereocenters. The lowest BCUT2D eigenvalue weighted by atomic mass is 9.88. The van der Waals surface area contributed by atoms with Crippen LogP contribution in [0.25, 0.3) is 0 Å². The molecule has 0 amide bonds. The lowest BCUT2D eigenvalue weighted by Gasteiger charge is -2.31. The van der Waals surface area contributed by atoms with Gasteiger partial charge in [0.05, 0.1) is 5.41 Å². The van der Waals surface area contributed by atoms with Crippen LogP contribution in [0.1, 0.15) is 61.8 Å². The third-order valence-corrected chi connectivity index (χ3v) is 6.76. The van der Waals surface area contributed by atoms with Crippen molar-refractivity contribution in [1.82, 2.24) is 0 Å². The summed E-state index contributed by atoms with van der Waals surface area (Å²) in [4.78, 5) is 82.3. The summed E-state index contributed by atoms with van der Waals surface area (Å²) in [6, 6.07) is 0. The zero-order valence-corrected chi connectivity index (χ0v) is 32.3. The molecule has 0 N–H and O–H groups in total. The molecular weight excluding hydrogens is 692 g/mol. The SMILES string of the molecule is C=C(C)C(=O)OCC(CC)(COC(=O)C(=C)C)COC(=O)C(=C)C.C=C(C)C(=O)OCC(COC(=O)C(=C)C)(COC(=O)C(=C)C)COC(=O)C(=C)C. The quantitative estimate of drug-likeness (QED) is 0.0801. The molecule has 14 heteroatoms. The van der Waals surface area contributed by atoms with E-state index in [1.807, 2.05) is 6.92 Å². The molecule has 0 unspecified atom stereocenters. The maximum atomic E-state index is 11.8. The summed E-state index contributed by atoms with van der Waals surface area (Å²) in [7, 11) is 0. The van der Waals surface area contributed by atoms with Gasteiger partial charge in [-0.2, -0.15) is 0 Å². The number of carbonyl (C=O) groups excluding carboxylic acids is 7. The zero-order chi connectivity index (χ0) is 41.7. The van der Waals surface area contributed by atoms with Gasteiger partial charge in [-0.05, 0) is 54.9 Å². The average Bonchev–Trinajstić information content (AvgIpc) is 3.09. The van der Waals surface area contributed by atoms with Crippen LogP contribution in [0.5, 0.6) is 0 Å². The Balaban J connectivity index is 0. The second kappa shape index (κ2) is 23.8. The minimum absolute atomic E-state index is 0.0812. The van der Waals surface area contributed by atoms with Gasteiger partial charge >= 0.3 is 41.8 Å². The number of carbonyl (C=O) groups is 7. The molecule has 0 bridgehead atoms. The van der Waals surface area contributed by atoms with Gasteiger partial charge in [0.2, 0.25) is 0 Å². The van der Waals surface area contributed by atoms with Gasteiger partial charge in [-0.15, -0.1) is 0 Å². The lowest BCUT2D eigenvalue weighted by Crippen LogP contribution is -2.44. The molecule has 0 aromatic carbocycles. The minimum atomic E-state index is -1.37. The van der Waals surface area contributed by atoms with E-state index in [-0.39, 0.29) is 85.3 Å². The number of hydrogen-bond donors (Lipinski definition) is 0. The first-order valence-corrected chi connectivity index (χ1v) is 16.1. The van der Waals surface area contributed by atoms with Gasteiger partial charge in [-0.1, -0.05) is 53.0 Å². The van der Waals surface area contributed by atoms with E-state index in [0.717, 1.165) is 0 Å². The van der Waals surface area contributed by atoms with Gasteiger partial charge in [-0.3, -0.25) is 0 Å². The van der Waals surface area contributed by atoms with Crippen LogP contribution in [0.4, 0.5) is 0 Å². The van der Waals surface area contributed by atoms with Gasteiger partial charge in [0.15, 0.2) is 0 Å². The molecule has 0 radical (unpaired) electrons. The Hall–Kier alpha value is -5.53. The molecule has 14 nitrogen and oxygen atoms in total. The van der Waals surface area contributed by atoms with Crippen molar-refractivity contribution in [2.24, 2.45) is 10.8 Å². The number of esters is 7. The van der Waals surface area contributed by atoms with E-state index in [0.29, 0.717) is 6.42 Å². The fraction of sp³-hybridized carbons (Fsp3) is 0.462. The van der Waals surface area contributed by atoms with Crippen molar-refractivity contribution < 1.29 is 66.7 Å². The zero-order valence-electron chi connectivity index (χ0n) is 32.3. The van der Waals surface area contributed by atoms with Crippen molar-refractivity contribution in [3.63, 3.8) is 0 Å². The first kappa shape index (κ1) is 49.6. The molecule has 0 spiro atoms. The first-order chi connectivity index (χ1) is 24.4. The molecule has 0 aliphatic heterocycles. The van der Waals surface area contributed by atoms with Crippen molar-refractivity contribution in [2.75, 3.05) is 46.2 Å². The predicted octanol–water partition coefficient (Wildman–Crippen LogP) is 5.19. The van der Waals surface area contributed by atoms with Crippen LogP contribution in [0, 0.1) is 10.8 Å². The van der Waals surface area contributed by atoms with E-state index in [9.17, 15) is 33.6 Å². The summed E-state index contributed by atoms with van der Waals surface area (Å²) >= 11 is 0. The second-order valence-corrected chi connectivity index (χ2v) is 12.8. The van der Waals surface area contributed by atoms with Gasteiger partial charge in [0.1, 0.15) is 51.7 Å². The smallest absolute Gasteiger partial charge is 0.333 e. The molecule has 0 aliphatic rings. The second-order valence-electron chi connectivity index (χ2n) is 12.8. The molecule has 0 saturated heterocycles. The van der Waals surface area contributed by atoms with E-state index in [1.54, 1.807) is 0 Å². The molecule has 53 heavy (non-hydrogen) atoms. The first-order valence-electron chi connectivity index (χ1n) is 16.1. The topological polar surface area (TPSA) is 184 Å². The van der Waals surface area contributed by atoms with Gasteiger partial charge in [0, 0.05) is 39.0 Å². The molecule has 0 saturated carbocycles. The Labute approximate surface area is 312 Å². The van der Waals surface area contributed by atoms with Gasteiger partial charge < -0.3 is 33.2 Å². The van der Waals surface area contributed by atoms with E-state index in [2.05, 4.69) is 46.1 Å². The van der Waals surface area contributed by atoms with E-state index in [1.165, 1.54) is 48.5 Å². The Morgan fingerprint density at radius 2 is 0.453 bits per heavy atom. The van der Waals surface area contributed by atoms with Crippen molar-refractivity contribution in [2.45, 2.75) is 61.8 Å². The summed E-state index contributed by atoms with van der Waals surface area (Å²) < 4.78 is 36.2. The summed E-state index contributed by atoms with van der Waals surface area (Å²) in [6.45, 7) is 34.9. The Bertz CT molecular complexity index is 1290. The third-order valence-electron chi connectivity index (χ3n) is 6.76. The van der Waals surface area contributed by atoms with Crippen molar-refractivity contribution in [1.29, 1.82) is 0 Å². The number of rotatable bonds is 22. The van der Waals surface area contributed by atoms with Crippen LogP contribution in [-0.2, 0) is 66.7 Å². The fourth-order valence-electron chi connectivity index (χ4n) is 3.07. The number of hydrogen-bond acceptors (Lipinski definition) is 14. The van der Waals surface area contributed by atoms with Crippen molar-refractivity contribution >= 4 is 41.8 Å². The minimum Gasteiger partial charge on any atom is -0.461 e. The highest BCUT2D eigenvalue weighted by Gasteiger charge is 2.38. The summed E-state index contributed by atoms with van der Waals surface area (Å²) in [5.74, 6) is -4.53. The molecule has 0 aliphatic carbocycles. The normalized spacial score (nSPS) is 10.4. The predicted molar refractivity (Wildman–Crippen MR) is 196 cm³/mol. The van der Waals surface area contributed by atoms with Gasteiger partial charge in [-0.25, -0.2) is 33.6 Å². The molecule has 0 fully saturated rings. The van der Waals surface area contributed by atoms with E-state index >= 15 is 0 Å². The van der Waals surface area contributed by atoms with Crippen LogP contribution in [0.2, 0.25) is 0 Å². The fourth-order valence-corrected chi connectivity index (χ4v) is 3.07. The molecule has 0 aromatic rings. The summed E-state index contributed by atoms with van der Waals surface area (Å²) in [6.07, 6.45) is 0.448. The molecule has 0 aromatic heterocycles. The Morgan fingerprint density at radius 3 is 0.566 bits per heavy atom. The number of ether oxygens (including phenoxy) is 7. The summed E-state index contributed by atoms with van der Waals surface area (Å²) in [5, 5.41) is 0. The molecule has 0 heterocycles. The largest absolute Gasteiger partial charge is 0.461 e. The van der Waals surface area contributed by atoms with Crippen molar-refractivity contribution in [3.8, 4) is 0 Å². The van der Waals surface area contributed by atoms with Crippen molar-refractivity contribution in [3.05, 3.63) is 85.1 Å². The highest BCUT2D eigenvalue weighted by atomic mass is 16.6. The van der Waals surface area contributed by atoms with Crippen LogP contribution in [-0.4, -0.2) is 88.0 Å². The van der Waals surface area contributed by atoms with E-state index < -0.39 is 52.6 Å². The van der Waals surface area contributed by atoms with E-state index in [4.69, 9.17) is 33.2 Å². The van der Waals surface area contributed by atoms with Gasteiger partial charge in [0.25, 0.3) is 0 Å². The van der Waals surface area contributed by atoms with Crippen LogP contribution >= 0.6 is 0 Å². The molecule has 0 rings (SSSR count). The lowest BCUT2D eigenvalue weighted by molar-refractivity contribution is -0.166. The third kappa shape index (κ3) is 20.2. The molecule has 294 valence electrons. The highest BCUT2D eigenvalue weighted by molar-refractivity contribution is 5.89. The standard InChI is InChI=1S/C21H28O8.C18H26O6/c1-13(2)17(22)26-9-21(10-27-18(23)14(3)4,11-28-19(24)15(5)6)12-29-20(25)16(7)8;1-8-18(9-22-15(19)12(2)3,10-23-16(20)13(4)5)11-24-17(21)14(6)7/h1,3,5,7,9-12H2,2,4,6,8H3;2,4,6,8-11H2,1,3,5,7H3. The Kier molecular flexibility index (Phi) is 22.3. The maximum Gasteiger partial charge on any atom is 0.333 e. The van der Waals surface area contributed by atoms with Crippen LogP contribution in [0.15, 0.2) is 85.1 Å². The van der Waals surface area contributed by atoms with Crippen LogP contribution < -0.4 is 0 Å². The summed E-state index contributed by atoms with van der Waals surface area (Å²) in [5.41, 5.74) is -0.945. The highest BCUT2D eigenvalue weighted by Crippen LogP contribution is 2.26. The molecular formula is C39H54O14. The van der Waals surface area contributed by atoms with Crippen LogP contribution in [0.3, 0.4) is 0 Å².